The van der Waals surface area contributed by atoms with Crippen molar-refractivity contribution in [1.29, 1.82) is 0 Å². The van der Waals surface area contributed by atoms with Gasteiger partial charge in [0.25, 0.3) is 0 Å². The summed E-state index contributed by atoms with van der Waals surface area (Å²) in [5, 5.41) is 12.0. The summed E-state index contributed by atoms with van der Waals surface area (Å²) in [5.74, 6) is -0.944. The van der Waals surface area contributed by atoms with Crippen molar-refractivity contribution in [2.45, 2.75) is 31.9 Å². The van der Waals surface area contributed by atoms with E-state index in [0.29, 0.717) is 12.6 Å². The standard InChI is InChI=1S/C13H18N2O3/c16-13(17)10-3-4-11(15-8-10)9-14-6-5-12-2-1-7-18-12/h3-4,8,12,14H,1-2,5-7,9H2,(H,16,17). The highest BCUT2D eigenvalue weighted by Gasteiger charge is 2.14. The number of hydrogen-bond donors (Lipinski definition) is 2. The molecule has 1 aromatic rings. The number of aromatic carboxylic acids is 1. The zero-order valence-corrected chi connectivity index (χ0v) is 10.3. The van der Waals surface area contributed by atoms with Gasteiger partial charge in [-0.1, -0.05) is 0 Å². The van der Waals surface area contributed by atoms with Crippen LogP contribution in [0, 0.1) is 0 Å². The summed E-state index contributed by atoms with van der Waals surface area (Å²) < 4.78 is 5.53. The maximum atomic E-state index is 10.7. The van der Waals surface area contributed by atoms with Crippen molar-refractivity contribution in [3.05, 3.63) is 29.6 Å². The highest BCUT2D eigenvalue weighted by molar-refractivity contribution is 5.87. The predicted molar refractivity (Wildman–Crippen MR) is 66.5 cm³/mol. The lowest BCUT2D eigenvalue weighted by Gasteiger charge is -2.09. The highest BCUT2D eigenvalue weighted by atomic mass is 16.5. The van der Waals surface area contributed by atoms with Crippen molar-refractivity contribution < 1.29 is 14.6 Å². The molecule has 2 N–H and O–H groups in total. The van der Waals surface area contributed by atoms with Crippen LogP contribution in [-0.2, 0) is 11.3 Å². The molecule has 1 aliphatic heterocycles. The van der Waals surface area contributed by atoms with Gasteiger partial charge >= 0.3 is 5.97 Å². The van der Waals surface area contributed by atoms with Crippen LogP contribution < -0.4 is 5.32 Å². The number of carbonyl (C=O) groups is 1. The molecule has 0 aromatic carbocycles. The Morgan fingerprint density at radius 1 is 1.56 bits per heavy atom. The van der Waals surface area contributed by atoms with Crippen LogP contribution >= 0.6 is 0 Å². The number of ether oxygens (including phenoxy) is 1. The van der Waals surface area contributed by atoms with Crippen LogP contribution in [0.15, 0.2) is 18.3 Å². The minimum atomic E-state index is -0.944. The number of aromatic nitrogens is 1. The lowest BCUT2D eigenvalue weighted by Crippen LogP contribution is -2.20. The molecule has 0 bridgehead atoms. The van der Waals surface area contributed by atoms with Gasteiger partial charge in [-0.2, -0.15) is 0 Å². The van der Waals surface area contributed by atoms with Gasteiger partial charge in [-0.3, -0.25) is 4.98 Å². The summed E-state index contributed by atoms with van der Waals surface area (Å²) in [6.45, 7) is 2.45. The zero-order valence-electron chi connectivity index (χ0n) is 10.3. The SMILES string of the molecule is O=C(O)c1ccc(CNCCC2CCCO2)nc1. The van der Waals surface area contributed by atoms with E-state index in [0.717, 1.165) is 31.7 Å². The smallest absolute Gasteiger partial charge is 0.337 e. The van der Waals surface area contributed by atoms with E-state index >= 15 is 0 Å². The quantitative estimate of drug-likeness (QED) is 0.747. The molecule has 1 aromatic heterocycles. The topological polar surface area (TPSA) is 71.5 Å². The van der Waals surface area contributed by atoms with Crippen LogP contribution in [0.1, 0.15) is 35.3 Å². The van der Waals surface area contributed by atoms with E-state index < -0.39 is 5.97 Å². The average molecular weight is 250 g/mol. The Hall–Kier alpha value is -1.46. The van der Waals surface area contributed by atoms with E-state index in [1.807, 2.05) is 0 Å². The van der Waals surface area contributed by atoms with Gasteiger partial charge in [0, 0.05) is 19.3 Å². The van der Waals surface area contributed by atoms with Crippen molar-refractivity contribution >= 4 is 5.97 Å². The first-order chi connectivity index (χ1) is 8.75. The van der Waals surface area contributed by atoms with E-state index in [9.17, 15) is 4.79 Å². The Balaban J connectivity index is 1.68. The second-order valence-corrected chi connectivity index (χ2v) is 4.44. The number of nitrogens with one attached hydrogen (secondary N) is 1. The van der Waals surface area contributed by atoms with Crippen molar-refractivity contribution in [2.24, 2.45) is 0 Å². The van der Waals surface area contributed by atoms with Crippen LogP contribution in [0.2, 0.25) is 0 Å². The second kappa shape index (κ2) is 6.47. The summed E-state index contributed by atoms with van der Waals surface area (Å²) in [6.07, 6.45) is 5.14. The number of rotatable bonds is 6. The fourth-order valence-electron chi connectivity index (χ4n) is 2.01. The monoisotopic (exact) mass is 250 g/mol. The molecule has 0 aliphatic carbocycles. The highest BCUT2D eigenvalue weighted by Crippen LogP contribution is 2.14. The van der Waals surface area contributed by atoms with Crippen LogP contribution in [0.3, 0.4) is 0 Å². The molecule has 0 spiro atoms. The Morgan fingerprint density at radius 2 is 2.44 bits per heavy atom. The van der Waals surface area contributed by atoms with Crippen LogP contribution in [0.4, 0.5) is 0 Å². The van der Waals surface area contributed by atoms with Crippen LogP contribution in [-0.4, -0.2) is 35.3 Å². The Labute approximate surface area is 106 Å². The summed E-state index contributed by atoms with van der Waals surface area (Å²) in [7, 11) is 0. The molecule has 98 valence electrons. The molecule has 5 nitrogen and oxygen atoms in total. The van der Waals surface area contributed by atoms with Crippen LogP contribution in [0.5, 0.6) is 0 Å². The number of pyridine rings is 1. The van der Waals surface area contributed by atoms with E-state index in [1.165, 1.54) is 12.6 Å². The van der Waals surface area contributed by atoms with Crippen molar-refractivity contribution in [3.8, 4) is 0 Å². The molecule has 1 fully saturated rings. The lowest BCUT2D eigenvalue weighted by atomic mass is 10.2. The molecule has 2 rings (SSSR count). The number of nitrogens with zero attached hydrogens (tertiary/aromatic N) is 1. The minimum absolute atomic E-state index is 0.220. The Morgan fingerprint density at radius 3 is 3.06 bits per heavy atom. The van der Waals surface area contributed by atoms with Gasteiger partial charge in [0.2, 0.25) is 0 Å². The summed E-state index contributed by atoms with van der Waals surface area (Å²) in [5.41, 5.74) is 1.07. The average Bonchev–Trinajstić information content (AvgIpc) is 2.88. The Kier molecular flexibility index (Phi) is 4.66. The summed E-state index contributed by atoms with van der Waals surface area (Å²) in [4.78, 5) is 14.7. The summed E-state index contributed by atoms with van der Waals surface area (Å²) in [6, 6.07) is 3.31. The minimum Gasteiger partial charge on any atom is -0.478 e. The molecule has 2 heterocycles. The number of carboxylic acid groups (broad SMARTS) is 1. The van der Waals surface area contributed by atoms with Gasteiger partial charge in [0.05, 0.1) is 17.4 Å². The molecule has 1 aliphatic rings. The van der Waals surface area contributed by atoms with E-state index in [4.69, 9.17) is 9.84 Å². The predicted octanol–water partition coefficient (Wildman–Crippen LogP) is 1.44. The molecular formula is C13H18N2O3. The Bertz CT molecular complexity index is 386. The van der Waals surface area contributed by atoms with Gasteiger partial charge in [0.15, 0.2) is 0 Å². The second-order valence-electron chi connectivity index (χ2n) is 4.44. The fraction of sp³-hybridized carbons (Fsp3) is 0.538. The molecule has 0 amide bonds. The third kappa shape index (κ3) is 3.78. The first-order valence-electron chi connectivity index (χ1n) is 6.26. The van der Waals surface area contributed by atoms with Crippen molar-refractivity contribution in [1.82, 2.24) is 10.3 Å². The van der Waals surface area contributed by atoms with Crippen molar-refractivity contribution in [2.75, 3.05) is 13.2 Å². The summed E-state index contributed by atoms with van der Waals surface area (Å²) >= 11 is 0. The van der Waals surface area contributed by atoms with Crippen molar-refractivity contribution in [3.63, 3.8) is 0 Å². The lowest BCUT2D eigenvalue weighted by molar-refractivity contribution is 0.0696. The number of hydrogen-bond acceptors (Lipinski definition) is 4. The number of carboxylic acids is 1. The maximum Gasteiger partial charge on any atom is 0.337 e. The molecule has 18 heavy (non-hydrogen) atoms. The van der Waals surface area contributed by atoms with Gasteiger partial charge in [-0.05, 0) is 37.9 Å². The third-order valence-electron chi connectivity index (χ3n) is 3.04. The molecule has 1 atom stereocenters. The van der Waals surface area contributed by atoms with E-state index in [1.54, 1.807) is 12.1 Å². The molecular weight excluding hydrogens is 232 g/mol. The molecule has 1 unspecified atom stereocenters. The first kappa shape index (κ1) is 13.0. The van der Waals surface area contributed by atoms with Gasteiger partial charge in [0.1, 0.15) is 0 Å². The van der Waals surface area contributed by atoms with E-state index in [-0.39, 0.29) is 5.56 Å². The normalized spacial score (nSPS) is 19.0. The maximum absolute atomic E-state index is 10.7. The van der Waals surface area contributed by atoms with Crippen LogP contribution in [0.25, 0.3) is 0 Å². The molecule has 0 saturated carbocycles. The molecule has 5 heteroatoms. The largest absolute Gasteiger partial charge is 0.478 e. The van der Waals surface area contributed by atoms with Gasteiger partial charge in [-0.15, -0.1) is 0 Å². The van der Waals surface area contributed by atoms with E-state index in [2.05, 4.69) is 10.3 Å². The zero-order chi connectivity index (χ0) is 12.8. The first-order valence-corrected chi connectivity index (χ1v) is 6.26. The molecule has 0 radical (unpaired) electrons. The van der Waals surface area contributed by atoms with Gasteiger partial charge < -0.3 is 15.2 Å². The molecule has 1 saturated heterocycles. The fourth-order valence-corrected chi connectivity index (χ4v) is 2.01. The van der Waals surface area contributed by atoms with Gasteiger partial charge in [-0.25, -0.2) is 4.79 Å². The third-order valence-corrected chi connectivity index (χ3v) is 3.04.